The molecular weight excluding hydrogens is 308 g/mol. The van der Waals surface area contributed by atoms with Crippen LogP contribution in [0.5, 0.6) is 0 Å². The maximum atomic E-state index is 12.7. The molecule has 1 aliphatic heterocycles. The Kier molecular flexibility index (Phi) is 3.82. The van der Waals surface area contributed by atoms with Gasteiger partial charge in [0.05, 0.1) is 17.9 Å². The standard InChI is InChI=1S/C15H17ClN2O2S/c1-8-6-18(7-9(2)20-8)15(19)14-13(17)11-4-3-10(16)5-12(11)21-14/h3-5,8-9H,6-7,17H2,1-2H3/t8-,9+. The van der Waals surface area contributed by atoms with Crippen molar-refractivity contribution in [2.24, 2.45) is 0 Å². The lowest BCUT2D eigenvalue weighted by Gasteiger charge is -2.35. The number of hydrogen-bond donors (Lipinski definition) is 1. The molecule has 1 aliphatic rings. The zero-order valence-corrected chi connectivity index (χ0v) is 13.5. The normalized spacial score (nSPS) is 22.7. The number of thiophene rings is 1. The van der Waals surface area contributed by atoms with Gasteiger partial charge in [0, 0.05) is 28.2 Å². The molecule has 0 saturated carbocycles. The van der Waals surface area contributed by atoms with E-state index < -0.39 is 0 Å². The molecule has 2 aromatic rings. The predicted molar refractivity (Wildman–Crippen MR) is 87.2 cm³/mol. The van der Waals surface area contributed by atoms with E-state index in [-0.39, 0.29) is 18.1 Å². The quantitative estimate of drug-likeness (QED) is 0.874. The van der Waals surface area contributed by atoms with Crippen molar-refractivity contribution in [3.05, 3.63) is 28.1 Å². The number of benzene rings is 1. The zero-order valence-electron chi connectivity index (χ0n) is 11.9. The van der Waals surface area contributed by atoms with E-state index in [1.54, 1.807) is 6.07 Å². The van der Waals surface area contributed by atoms with E-state index in [0.717, 1.165) is 10.1 Å². The fraction of sp³-hybridized carbons (Fsp3) is 0.400. The highest BCUT2D eigenvalue weighted by molar-refractivity contribution is 7.21. The second kappa shape index (κ2) is 5.48. The molecule has 2 N–H and O–H groups in total. The number of ether oxygens (including phenoxy) is 1. The first-order valence-electron chi connectivity index (χ1n) is 6.88. The van der Waals surface area contributed by atoms with Crippen LogP contribution in [0.15, 0.2) is 18.2 Å². The van der Waals surface area contributed by atoms with E-state index in [9.17, 15) is 4.79 Å². The van der Waals surface area contributed by atoms with Gasteiger partial charge in [0.2, 0.25) is 0 Å². The first-order chi connectivity index (χ1) is 9.95. The van der Waals surface area contributed by atoms with Gasteiger partial charge in [-0.05, 0) is 32.0 Å². The van der Waals surface area contributed by atoms with Gasteiger partial charge in [0.15, 0.2) is 0 Å². The predicted octanol–water partition coefficient (Wildman–Crippen LogP) is 3.39. The summed E-state index contributed by atoms with van der Waals surface area (Å²) in [5.41, 5.74) is 6.70. The molecule has 2 heterocycles. The summed E-state index contributed by atoms with van der Waals surface area (Å²) >= 11 is 7.40. The van der Waals surface area contributed by atoms with Crippen molar-refractivity contribution in [3.63, 3.8) is 0 Å². The number of nitrogens with two attached hydrogens (primary N) is 1. The Hall–Kier alpha value is -1.30. The Morgan fingerprint density at radius 3 is 2.71 bits per heavy atom. The summed E-state index contributed by atoms with van der Waals surface area (Å²) in [4.78, 5) is 15.1. The maximum absolute atomic E-state index is 12.7. The monoisotopic (exact) mass is 324 g/mol. The summed E-state index contributed by atoms with van der Waals surface area (Å²) in [6.45, 7) is 5.14. The highest BCUT2D eigenvalue weighted by atomic mass is 35.5. The summed E-state index contributed by atoms with van der Waals surface area (Å²) in [5, 5.41) is 1.54. The van der Waals surface area contributed by atoms with Crippen LogP contribution >= 0.6 is 22.9 Å². The molecule has 6 heteroatoms. The van der Waals surface area contributed by atoms with Crippen molar-refractivity contribution in [2.45, 2.75) is 26.1 Å². The minimum atomic E-state index is -0.0215. The third-order valence-corrected chi connectivity index (χ3v) is 4.98. The van der Waals surface area contributed by atoms with Crippen LogP contribution in [0.25, 0.3) is 10.1 Å². The Bertz CT molecular complexity index is 690. The van der Waals surface area contributed by atoms with Crippen molar-refractivity contribution in [1.82, 2.24) is 4.90 Å². The van der Waals surface area contributed by atoms with Gasteiger partial charge < -0.3 is 15.4 Å². The number of amides is 1. The molecule has 2 atom stereocenters. The van der Waals surface area contributed by atoms with Crippen LogP contribution < -0.4 is 5.73 Å². The van der Waals surface area contributed by atoms with Gasteiger partial charge in [-0.3, -0.25) is 4.79 Å². The second-order valence-electron chi connectivity index (χ2n) is 5.45. The summed E-state index contributed by atoms with van der Waals surface area (Å²) in [5.74, 6) is -0.0215. The molecule has 0 unspecified atom stereocenters. The van der Waals surface area contributed by atoms with Crippen molar-refractivity contribution < 1.29 is 9.53 Å². The van der Waals surface area contributed by atoms with Gasteiger partial charge in [-0.2, -0.15) is 0 Å². The zero-order chi connectivity index (χ0) is 15.1. The number of rotatable bonds is 1. The Labute approximate surface area is 132 Å². The first kappa shape index (κ1) is 14.6. The minimum absolute atomic E-state index is 0.0215. The van der Waals surface area contributed by atoms with Gasteiger partial charge in [0.25, 0.3) is 5.91 Å². The van der Waals surface area contributed by atoms with Crippen LogP contribution in [0, 0.1) is 0 Å². The number of carbonyl (C=O) groups is 1. The highest BCUT2D eigenvalue weighted by Crippen LogP contribution is 2.36. The number of fused-ring (bicyclic) bond motifs is 1. The summed E-state index contributed by atoms with van der Waals surface area (Å²) < 4.78 is 6.61. The Balaban J connectivity index is 1.96. The molecule has 0 spiro atoms. The van der Waals surface area contributed by atoms with Gasteiger partial charge in [-0.25, -0.2) is 0 Å². The van der Waals surface area contributed by atoms with Crippen LogP contribution in [0.3, 0.4) is 0 Å². The largest absolute Gasteiger partial charge is 0.397 e. The smallest absolute Gasteiger partial charge is 0.266 e. The number of carbonyl (C=O) groups excluding carboxylic acids is 1. The molecule has 1 aromatic carbocycles. The molecule has 0 radical (unpaired) electrons. The molecule has 0 bridgehead atoms. The Morgan fingerprint density at radius 1 is 1.38 bits per heavy atom. The lowest BCUT2D eigenvalue weighted by molar-refractivity contribution is -0.0584. The van der Waals surface area contributed by atoms with Crippen molar-refractivity contribution in [1.29, 1.82) is 0 Å². The van der Waals surface area contributed by atoms with Crippen LogP contribution in [0.4, 0.5) is 5.69 Å². The number of morpholine rings is 1. The molecule has 3 rings (SSSR count). The molecular formula is C15H17ClN2O2S. The molecule has 1 aromatic heterocycles. The highest BCUT2D eigenvalue weighted by Gasteiger charge is 2.29. The van der Waals surface area contributed by atoms with Crippen LogP contribution in [0.2, 0.25) is 5.02 Å². The maximum Gasteiger partial charge on any atom is 0.266 e. The number of nitrogens with zero attached hydrogens (tertiary/aromatic N) is 1. The fourth-order valence-corrected chi connectivity index (χ4v) is 4.10. The SMILES string of the molecule is C[C@@H]1CN(C(=O)c2sc3cc(Cl)ccc3c2N)C[C@H](C)O1. The molecule has 1 fully saturated rings. The number of halogens is 1. The lowest BCUT2D eigenvalue weighted by atomic mass is 10.2. The van der Waals surface area contributed by atoms with E-state index >= 15 is 0 Å². The third kappa shape index (κ3) is 2.73. The third-order valence-electron chi connectivity index (χ3n) is 3.59. The first-order valence-corrected chi connectivity index (χ1v) is 8.07. The number of nitrogen functional groups attached to an aromatic ring is 1. The van der Waals surface area contributed by atoms with E-state index in [1.165, 1.54) is 11.3 Å². The second-order valence-corrected chi connectivity index (χ2v) is 6.94. The summed E-state index contributed by atoms with van der Waals surface area (Å²) in [7, 11) is 0. The number of hydrogen-bond acceptors (Lipinski definition) is 4. The van der Waals surface area contributed by atoms with E-state index in [1.807, 2.05) is 30.9 Å². The average Bonchev–Trinajstić information content (AvgIpc) is 2.73. The van der Waals surface area contributed by atoms with Gasteiger partial charge >= 0.3 is 0 Å². The molecule has 112 valence electrons. The van der Waals surface area contributed by atoms with Crippen molar-refractivity contribution in [2.75, 3.05) is 18.8 Å². The Morgan fingerprint density at radius 2 is 2.05 bits per heavy atom. The molecule has 1 saturated heterocycles. The van der Waals surface area contributed by atoms with Gasteiger partial charge in [-0.1, -0.05) is 11.6 Å². The molecule has 21 heavy (non-hydrogen) atoms. The summed E-state index contributed by atoms with van der Waals surface area (Å²) in [6.07, 6.45) is 0.0884. The van der Waals surface area contributed by atoms with Crippen molar-refractivity contribution in [3.8, 4) is 0 Å². The topological polar surface area (TPSA) is 55.6 Å². The molecule has 0 aliphatic carbocycles. The fourth-order valence-electron chi connectivity index (χ4n) is 2.74. The van der Waals surface area contributed by atoms with E-state index in [0.29, 0.717) is 28.7 Å². The van der Waals surface area contributed by atoms with Gasteiger partial charge in [-0.15, -0.1) is 11.3 Å². The van der Waals surface area contributed by atoms with Crippen molar-refractivity contribution >= 4 is 44.6 Å². The lowest BCUT2D eigenvalue weighted by Crippen LogP contribution is -2.48. The van der Waals surface area contributed by atoms with Crippen LogP contribution in [-0.2, 0) is 4.74 Å². The molecule has 1 amide bonds. The van der Waals surface area contributed by atoms with E-state index in [4.69, 9.17) is 22.1 Å². The molecule has 4 nitrogen and oxygen atoms in total. The van der Waals surface area contributed by atoms with Crippen LogP contribution in [-0.4, -0.2) is 36.1 Å². The number of anilines is 1. The van der Waals surface area contributed by atoms with E-state index in [2.05, 4.69) is 0 Å². The average molecular weight is 325 g/mol. The van der Waals surface area contributed by atoms with Gasteiger partial charge in [0.1, 0.15) is 4.88 Å². The summed E-state index contributed by atoms with van der Waals surface area (Å²) in [6, 6.07) is 5.50. The van der Waals surface area contributed by atoms with Crippen LogP contribution in [0.1, 0.15) is 23.5 Å². The minimum Gasteiger partial charge on any atom is -0.397 e.